The second-order valence-electron chi connectivity index (χ2n) is 9.81. The minimum atomic E-state index is 0.662. The summed E-state index contributed by atoms with van der Waals surface area (Å²) in [6, 6.07) is 15.5. The van der Waals surface area contributed by atoms with Crippen molar-refractivity contribution < 1.29 is 9.47 Å². The molecule has 2 nitrogen and oxygen atoms in total. The number of unbranched alkanes of at least 4 members (excludes halogenated alkanes) is 6. The fraction of sp³-hybridized carbons (Fsp3) is 0.613. The normalized spacial score (nSPS) is 18.3. The van der Waals surface area contributed by atoms with Crippen molar-refractivity contribution in [3.05, 3.63) is 48.0 Å². The summed E-state index contributed by atoms with van der Waals surface area (Å²) in [5.41, 5.74) is 3.90. The molecule has 3 rings (SSSR count). The van der Waals surface area contributed by atoms with Crippen LogP contribution in [0, 0.1) is 5.92 Å². The Kier molecular flexibility index (Phi) is 11.1. The van der Waals surface area contributed by atoms with Crippen LogP contribution >= 0.6 is 0 Å². The van der Waals surface area contributed by atoms with Crippen molar-refractivity contribution in [1.29, 1.82) is 0 Å². The van der Waals surface area contributed by atoms with E-state index in [0.29, 0.717) is 13.2 Å². The molecule has 33 heavy (non-hydrogen) atoms. The fourth-order valence-electron chi connectivity index (χ4n) is 5.36. The van der Waals surface area contributed by atoms with E-state index in [1.54, 1.807) is 0 Å². The Balaban J connectivity index is 1.48. The Morgan fingerprint density at radius 1 is 0.636 bits per heavy atom. The maximum atomic E-state index is 5.76. The molecule has 0 atom stereocenters. The van der Waals surface area contributed by atoms with Crippen LogP contribution in [0.2, 0.25) is 0 Å². The van der Waals surface area contributed by atoms with Gasteiger partial charge in [-0.05, 0) is 80.2 Å². The topological polar surface area (TPSA) is 18.5 Å². The third-order valence-corrected chi connectivity index (χ3v) is 7.28. The third-order valence-electron chi connectivity index (χ3n) is 7.28. The maximum absolute atomic E-state index is 5.76. The molecular formula is C31H46O2. The summed E-state index contributed by atoms with van der Waals surface area (Å²) in [5.74, 6) is 3.45. The third kappa shape index (κ3) is 8.40. The minimum absolute atomic E-state index is 0.662. The predicted molar refractivity (Wildman–Crippen MR) is 142 cm³/mol. The zero-order valence-electron chi connectivity index (χ0n) is 21.4. The van der Waals surface area contributed by atoms with E-state index in [-0.39, 0.29) is 0 Å². The van der Waals surface area contributed by atoms with Crippen molar-refractivity contribution in [3.63, 3.8) is 0 Å². The molecule has 0 unspecified atom stereocenters. The largest absolute Gasteiger partial charge is 0.494 e. The lowest BCUT2D eigenvalue weighted by Gasteiger charge is -2.29. The molecule has 2 aromatic rings. The zero-order chi connectivity index (χ0) is 23.3. The Hall–Kier alpha value is -1.96. The highest BCUT2D eigenvalue weighted by atomic mass is 16.5. The highest BCUT2D eigenvalue weighted by Crippen LogP contribution is 2.39. The average molecular weight is 451 g/mol. The highest BCUT2D eigenvalue weighted by molar-refractivity contribution is 5.67. The van der Waals surface area contributed by atoms with Crippen molar-refractivity contribution in [2.75, 3.05) is 13.2 Å². The molecule has 1 fully saturated rings. The van der Waals surface area contributed by atoms with Gasteiger partial charge in [0.05, 0.1) is 13.2 Å². The van der Waals surface area contributed by atoms with Crippen LogP contribution in [0.1, 0.15) is 109 Å². The summed E-state index contributed by atoms with van der Waals surface area (Å²) in [4.78, 5) is 0. The number of rotatable bonds is 14. The van der Waals surface area contributed by atoms with E-state index in [4.69, 9.17) is 9.47 Å². The first-order valence-corrected chi connectivity index (χ1v) is 13.7. The van der Waals surface area contributed by atoms with E-state index in [0.717, 1.165) is 28.9 Å². The molecule has 2 heteroatoms. The number of ether oxygens (including phenoxy) is 2. The summed E-state index contributed by atoms with van der Waals surface area (Å²) in [6.07, 6.45) is 17.0. The molecule has 0 bridgehead atoms. The standard InChI is InChI=1S/C31H46O2/c1-4-7-8-9-10-11-12-13-25-14-16-26(17-15-25)27-18-20-28(21-19-27)29-22-30(32-5-2)24-31(23-29)33-6-3/h18-26H,4-17H2,1-3H3. The Bertz CT molecular complexity index is 763. The first kappa shape index (κ1) is 25.7. The molecule has 0 aliphatic heterocycles. The molecule has 0 N–H and O–H groups in total. The van der Waals surface area contributed by atoms with E-state index >= 15 is 0 Å². The van der Waals surface area contributed by atoms with Crippen molar-refractivity contribution in [3.8, 4) is 22.6 Å². The van der Waals surface area contributed by atoms with Gasteiger partial charge in [0.25, 0.3) is 0 Å². The molecule has 0 saturated heterocycles. The number of hydrogen-bond acceptors (Lipinski definition) is 2. The average Bonchev–Trinajstić information content (AvgIpc) is 2.84. The van der Waals surface area contributed by atoms with Crippen LogP contribution in [-0.2, 0) is 0 Å². The van der Waals surface area contributed by atoms with Gasteiger partial charge in [-0.2, -0.15) is 0 Å². The zero-order valence-corrected chi connectivity index (χ0v) is 21.4. The Morgan fingerprint density at radius 3 is 1.79 bits per heavy atom. The summed E-state index contributed by atoms with van der Waals surface area (Å²) in [5, 5.41) is 0. The van der Waals surface area contributed by atoms with Gasteiger partial charge < -0.3 is 9.47 Å². The molecule has 0 aromatic heterocycles. The lowest BCUT2D eigenvalue weighted by Crippen LogP contribution is -2.13. The van der Waals surface area contributed by atoms with Gasteiger partial charge in [0, 0.05) is 6.07 Å². The molecule has 1 aliphatic carbocycles. The second kappa shape index (κ2) is 14.3. The van der Waals surface area contributed by atoms with Gasteiger partial charge in [-0.1, -0.05) is 82.6 Å². The first-order chi connectivity index (χ1) is 16.2. The van der Waals surface area contributed by atoms with Crippen LogP contribution in [0.5, 0.6) is 11.5 Å². The molecule has 0 amide bonds. The first-order valence-electron chi connectivity index (χ1n) is 13.7. The van der Waals surface area contributed by atoms with Crippen LogP contribution in [0.15, 0.2) is 42.5 Å². The lowest BCUT2D eigenvalue weighted by molar-refractivity contribution is 0.302. The van der Waals surface area contributed by atoms with Gasteiger partial charge in [0.1, 0.15) is 11.5 Å². The Morgan fingerprint density at radius 2 is 1.21 bits per heavy atom. The maximum Gasteiger partial charge on any atom is 0.123 e. The van der Waals surface area contributed by atoms with E-state index < -0.39 is 0 Å². The SMILES string of the molecule is CCCCCCCCCC1CCC(c2ccc(-c3cc(OCC)cc(OCC)c3)cc2)CC1. The predicted octanol–water partition coefficient (Wildman–Crippen LogP) is 9.57. The van der Waals surface area contributed by atoms with E-state index in [1.807, 2.05) is 19.9 Å². The molecule has 0 heterocycles. The number of hydrogen-bond donors (Lipinski definition) is 0. The van der Waals surface area contributed by atoms with Crippen LogP contribution in [0.3, 0.4) is 0 Å². The van der Waals surface area contributed by atoms with Gasteiger partial charge in [-0.3, -0.25) is 0 Å². The van der Waals surface area contributed by atoms with Gasteiger partial charge in [-0.15, -0.1) is 0 Å². The van der Waals surface area contributed by atoms with E-state index in [1.165, 1.54) is 88.2 Å². The lowest BCUT2D eigenvalue weighted by atomic mass is 9.77. The minimum Gasteiger partial charge on any atom is -0.494 e. The molecule has 1 saturated carbocycles. The van der Waals surface area contributed by atoms with Crippen LogP contribution in [0.4, 0.5) is 0 Å². The van der Waals surface area contributed by atoms with Crippen molar-refractivity contribution >= 4 is 0 Å². The summed E-state index contributed by atoms with van der Waals surface area (Å²) >= 11 is 0. The smallest absolute Gasteiger partial charge is 0.123 e. The van der Waals surface area contributed by atoms with E-state index in [9.17, 15) is 0 Å². The van der Waals surface area contributed by atoms with Gasteiger partial charge in [0.2, 0.25) is 0 Å². The van der Waals surface area contributed by atoms with Crippen molar-refractivity contribution in [1.82, 2.24) is 0 Å². The Labute approximate surface area is 203 Å². The van der Waals surface area contributed by atoms with Gasteiger partial charge >= 0.3 is 0 Å². The number of benzene rings is 2. The molecule has 0 spiro atoms. The quantitative estimate of drug-likeness (QED) is 0.267. The summed E-state index contributed by atoms with van der Waals surface area (Å²) < 4.78 is 11.5. The van der Waals surface area contributed by atoms with Crippen LogP contribution in [0.25, 0.3) is 11.1 Å². The van der Waals surface area contributed by atoms with Crippen molar-refractivity contribution in [2.45, 2.75) is 104 Å². The molecule has 1 aliphatic rings. The molecular weight excluding hydrogens is 404 g/mol. The second-order valence-corrected chi connectivity index (χ2v) is 9.81. The molecule has 2 aromatic carbocycles. The van der Waals surface area contributed by atoms with Gasteiger partial charge in [0.15, 0.2) is 0 Å². The highest BCUT2D eigenvalue weighted by Gasteiger charge is 2.22. The molecule has 0 radical (unpaired) electrons. The molecule has 182 valence electrons. The summed E-state index contributed by atoms with van der Waals surface area (Å²) in [6.45, 7) is 7.66. The fourth-order valence-corrected chi connectivity index (χ4v) is 5.36. The summed E-state index contributed by atoms with van der Waals surface area (Å²) in [7, 11) is 0. The monoisotopic (exact) mass is 450 g/mol. The van der Waals surface area contributed by atoms with Crippen LogP contribution < -0.4 is 9.47 Å². The van der Waals surface area contributed by atoms with Gasteiger partial charge in [-0.25, -0.2) is 0 Å². The van der Waals surface area contributed by atoms with Crippen molar-refractivity contribution in [2.24, 2.45) is 5.92 Å². The van der Waals surface area contributed by atoms with Crippen LogP contribution in [-0.4, -0.2) is 13.2 Å². The van der Waals surface area contributed by atoms with E-state index in [2.05, 4.69) is 43.3 Å².